The van der Waals surface area contributed by atoms with E-state index in [0.717, 1.165) is 11.3 Å². The molecule has 218 valence electrons. The molecular weight excluding hydrogens is 589 g/mol. The Morgan fingerprint density at radius 2 is 1.68 bits per heavy atom. The Labute approximate surface area is 254 Å². The summed E-state index contributed by atoms with van der Waals surface area (Å²) >= 11 is 19.4. The van der Waals surface area contributed by atoms with Crippen LogP contribution in [-0.2, 0) is 20.8 Å². The second-order valence-electron chi connectivity index (χ2n) is 9.02. The first kappa shape index (κ1) is 30.7. The summed E-state index contributed by atoms with van der Waals surface area (Å²) in [5.41, 5.74) is 2.87. The van der Waals surface area contributed by atoms with Crippen LogP contribution in [0.25, 0.3) is 0 Å². The van der Waals surface area contributed by atoms with E-state index >= 15 is 0 Å². The van der Waals surface area contributed by atoms with E-state index < -0.39 is 18.2 Å². The summed E-state index contributed by atoms with van der Waals surface area (Å²) in [6.45, 7) is 2.29. The number of benzene rings is 3. The molecule has 0 spiro atoms. The molecule has 0 N–H and O–H groups in total. The molecule has 3 aromatic rings. The maximum absolute atomic E-state index is 12.7. The lowest BCUT2D eigenvalue weighted by Gasteiger charge is -2.28. The van der Waals surface area contributed by atoms with E-state index in [-0.39, 0.29) is 13.0 Å². The van der Waals surface area contributed by atoms with E-state index in [1.54, 1.807) is 45.4 Å². The number of ether oxygens (including phenoxy) is 6. The fraction of sp³-hybridized carbons (Fsp3) is 0.333. The number of thiocarbonyl (C=S) groups is 1. The molecular formula is C30H31Cl2NO7S. The van der Waals surface area contributed by atoms with Crippen molar-refractivity contribution < 1.29 is 33.2 Å². The van der Waals surface area contributed by atoms with Gasteiger partial charge in [0, 0.05) is 33.5 Å². The van der Waals surface area contributed by atoms with Crippen LogP contribution < -0.4 is 23.8 Å². The smallest absolute Gasteiger partial charge is 0.308 e. The topological polar surface area (TPSA) is 75.7 Å². The largest absolute Gasteiger partial charge is 0.497 e. The number of carbonyl (C=O) groups excluding carboxylic acids is 1. The number of nitrogens with zero attached hydrogens (tertiary/aromatic N) is 1. The molecule has 1 aliphatic heterocycles. The Morgan fingerprint density at radius 3 is 2.34 bits per heavy atom. The number of carbonyl (C=O) groups is 1. The van der Waals surface area contributed by atoms with Crippen molar-refractivity contribution >= 4 is 52.1 Å². The highest BCUT2D eigenvalue weighted by Gasteiger charge is 2.37. The van der Waals surface area contributed by atoms with Gasteiger partial charge in [-0.05, 0) is 43.3 Å². The monoisotopic (exact) mass is 619 g/mol. The first-order chi connectivity index (χ1) is 19.8. The van der Waals surface area contributed by atoms with E-state index in [1.807, 2.05) is 29.2 Å². The van der Waals surface area contributed by atoms with E-state index in [4.69, 9.17) is 63.8 Å². The van der Waals surface area contributed by atoms with Crippen LogP contribution in [0.3, 0.4) is 0 Å². The standard InChI is InChI=1S/C30H31Cl2NO7S/c1-6-39-26(34)15-25-30(41)33(16-17-7-9-19(35-2)14-24(17)37-4)22-11-8-18(31)13-21(22)28(40-25)20-10-12-23(36-3)29(38-5)27(20)32/h7-14,25,28H,6,15-16H2,1-5H3/t25-,28-/m1/s1. The number of halogens is 2. The van der Waals surface area contributed by atoms with Crippen molar-refractivity contribution in [3.05, 3.63) is 75.3 Å². The van der Waals surface area contributed by atoms with Gasteiger partial charge in [-0.25, -0.2) is 0 Å². The maximum atomic E-state index is 12.7. The zero-order valence-electron chi connectivity index (χ0n) is 23.4. The van der Waals surface area contributed by atoms with Gasteiger partial charge in [0.15, 0.2) is 11.5 Å². The molecule has 0 aromatic heterocycles. The van der Waals surface area contributed by atoms with Crippen LogP contribution in [0, 0.1) is 0 Å². The third-order valence-corrected chi connectivity index (χ3v) is 7.79. The van der Waals surface area contributed by atoms with Crippen LogP contribution in [0.5, 0.6) is 23.0 Å². The number of esters is 1. The molecule has 0 saturated carbocycles. The third-order valence-electron chi connectivity index (χ3n) is 6.68. The SMILES string of the molecule is CCOC(=O)C[C@H]1O[C@H](c2ccc(OC)c(OC)c2Cl)c2cc(Cl)ccc2N(Cc2ccc(OC)cc2OC)C1=S. The zero-order chi connectivity index (χ0) is 29.7. The highest BCUT2D eigenvalue weighted by Crippen LogP contribution is 2.47. The van der Waals surface area contributed by atoms with Crippen molar-refractivity contribution in [2.45, 2.75) is 32.1 Å². The molecule has 8 nitrogen and oxygen atoms in total. The minimum absolute atomic E-state index is 0.105. The van der Waals surface area contributed by atoms with Gasteiger partial charge in [-0.3, -0.25) is 4.79 Å². The average molecular weight is 621 g/mol. The van der Waals surface area contributed by atoms with Crippen molar-refractivity contribution in [3.63, 3.8) is 0 Å². The van der Waals surface area contributed by atoms with Gasteiger partial charge in [0.2, 0.25) is 0 Å². The lowest BCUT2D eigenvalue weighted by molar-refractivity contribution is -0.145. The van der Waals surface area contributed by atoms with Gasteiger partial charge < -0.3 is 33.3 Å². The van der Waals surface area contributed by atoms with Crippen LogP contribution in [0.1, 0.15) is 36.1 Å². The Balaban J connectivity index is 1.91. The predicted molar refractivity (Wildman–Crippen MR) is 162 cm³/mol. The molecule has 4 rings (SSSR count). The number of hydrogen-bond acceptors (Lipinski definition) is 8. The van der Waals surface area contributed by atoms with Crippen molar-refractivity contribution in [3.8, 4) is 23.0 Å². The van der Waals surface area contributed by atoms with Crippen LogP contribution in [0.2, 0.25) is 10.0 Å². The van der Waals surface area contributed by atoms with Crippen molar-refractivity contribution in [2.75, 3.05) is 39.9 Å². The Hall–Kier alpha value is -3.24. The molecule has 1 heterocycles. The summed E-state index contributed by atoms with van der Waals surface area (Å²) in [6.07, 6.45) is -1.71. The molecule has 3 aromatic carbocycles. The van der Waals surface area contributed by atoms with Crippen molar-refractivity contribution in [1.29, 1.82) is 0 Å². The van der Waals surface area contributed by atoms with E-state index in [9.17, 15) is 4.79 Å². The molecule has 0 radical (unpaired) electrons. The van der Waals surface area contributed by atoms with Gasteiger partial charge in [0.25, 0.3) is 0 Å². The number of fused-ring (bicyclic) bond motifs is 1. The first-order valence-corrected chi connectivity index (χ1v) is 14.0. The highest BCUT2D eigenvalue weighted by atomic mass is 35.5. The number of rotatable bonds is 10. The minimum Gasteiger partial charge on any atom is -0.497 e. The lowest BCUT2D eigenvalue weighted by Crippen LogP contribution is -2.39. The second-order valence-corrected chi connectivity index (χ2v) is 10.3. The predicted octanol–water partition coefficient (Wildman–Crippen LogP) is 6.80. The summed E-state index contributed by atoms with van der Waals surface area (Å²) < 4.78 is 33.9. The molecule has 1 aliphatic rings. The lowest BCUT2D eigenvalue weighted by atomic mass is 9.98. The highest BCUT2D eigenvalue weighted by molar-refractivity contribution is 7.80. The van der Waals surface area contributed by atoms with E-state index in [1.165, 1.54) is 14.2 Å². The van der Waals surface area contributed by atoms with Crippen LogP contribution >= 0.6 is 35.4 Å². The summed E-state index contributed by atoms with van der Waals surface area (Å²) in [6, 6.07) is 14.6. The maximum Gasteiger partial charge on any atom is 0.308 e. The molecule has 0 aliphatic carbocycles. The fourth-order valence-electron chi connectivity index (χ4n) is 4.74. The Kier molecular flexibility index (Phi) is 10.2. The zero-order valence-corrected chi connectivity index (χ0v) is 25.7. The van der Waals surface area contributed by atoms with Gasteiger partial charge in [0.1, 0.15) is 28.7 Å². The first-order valence-electron chi connectivity index (χ1n) is 12.8. The summed E-state index contributed by atoms with van der Waals surface area (Å²) in [5, 5.41) is 0.791. The second kappa shape index (κ2) is 13.6. The summed E-state index contributed by atoms with van der Waals surface area (Å²) in [4.78, 5) is 15.0. The van der Waals surface area contributed by atoms with Crippen LogP contribution in [-0.4, -0.2) is 52.1 Å². The van der Waals surface area contributed by atoms with Gasteiger partial charge in [0.05, 0.1) is 53.0 Å². The van der Waals surface area contributed by atoms with E-state index in [2.05, 4.69) is 0 Å². The quantitative estimate of drug-likeness (QED) is 0.180. The molecule has 0 bridgehead atoms. The van der Waals surface area contributed by atoms with Crippen LogP contribution in [0.4, 0.5) is 5.69 Å². The van der Waals surface area contributed by atoms with Crippen molar-refractivity contribution in [1.82, 2.24) is 0 Å². The van der Waals surface area contributed by atoms with Crippen LogP contribution in [0.15, 0.2) is 48.5 Å². The molecule has 0 amide bonds. The number of hydrogen-bond donors (Lipinski definition) is 0. The molecule has 41 heavy (non-hydrogen) atoms. The molecule has 0 unspecified atom stereocenters. The average Bonchev–Trinajstić information content (AvgIpc) is 3.07. The summed E-state index contributed by atoms with van der Waals surface area (Å²) in [5.74, 6) is 1.65. The normalized spacial score (nSPS) is 16.5. The van der Waals surface area contributed by atoms with Gasteiger partial charge in [-0.15, -0.1) is 0 Å². The van der Waals surface area contributed by atoms with Gasteiger partial charge >= 0.3 is 5.97 Å². The number of anilines is 1. The molecule has 11 heteroatoms. The van der Waals surface area contributed by atoms with Crippen molar-refractivity contribution in [2.24, 2.45) is 0 Å². The fourth-order valence-corrected chi connectivity index (χ4v) is 5.55. The minimum atomic E-state index is -0.839. The van der Waals surface area contributed by atoms with Gasteiger partial charge in [-0.2, -0.15) is 0 Å². The van der Waals surface area contributed by atoms with E-state index in [0.29, 0.717) is 55.7 Å². The third kappa shape index (κ3) is 6.48. The molecule has 0 saturated heterocycles. The molecule has 0 fully saturated rings. The van der Waals surface area contributed by atoms with Gasteiger partial charge in [-0.1, -0.05) is 41.5 Å². The Morgan fingerprint density at radius 1 is 0.927 bits per heavy atom. The number of methoxy groups -OCH3 is 4. The Bertz CT molecular complexity index is 1430. The summed E-state index contributed by atoms with van der Waals surface area (Å²) in [7, 11) is 6.22. The molecule has 2 atom stereocenters.